The average Bonchev–Trinajstić information content (AvgIpc) is 3.11. The third-order valence-electron chi connectivity index (χ3n) is 4.66. The molecule has 7 nitrogen and oxygen atoms in total. The van der Waals surface area contributed by atoms with Gasteiger partial charge in [-0.1, -0.05) is 40.5 Å². The second kappa shape index (κ2) is 9.41. The Hall–Kier alpha value is -3.03. The summed E-state index contributed by atoms with van der Waals surface area (Å²) in [5, 5.41) is 6.90. The van der Waals surface area contributed by atoms with E-state index in [-0.39, 0.29) is 39.4 Å². The summed E-state index contributed by atoms with van der Waals surface area (Å²) in [5.74, 6) is -0.907. The van der Waals surface area contributed by atoms with Gasteiger partial charge in [0.2, 0.25) is 5.88 Å². The number of hydrogen-bond acceptors (Lipinski definition) is 6. The molecule has 9 heteroatoms. The van der Waals surface area contributed by atoms with Crippen molar-refractivity contribution < 1.29 is 23.6 Å². The zero-order valence-electron chi connectivity index (χ0n) is 17.3. The number of methoxy groups -OCH3 is 1. The van der Waals surface area contributed by atoms with Crippen molar-refractivity contribution in [1.82, 2.24) is 5.16 Å². The number of ether oxygens (including phenoxy) is 2. The lowest BCUT2D eigenvalue weighted by molar-refractivity contribution is -0.118. The number of hydrogen-bond donors (Lipinski definition) is 1. The van der Waals surface area contributed by atoms with Gasteiger partial charge in [0.05, 0.1) is 17.2 Å². The Balaban J connectivity index is 1.86. The van der Waals surface area contributed by atoms with Crippen LogP contribution < -0.4 is 10.1 Å². The molecule has 3 rings (SSSR count). The number of benzene rings is 2. The van der Waals surface area contributed by atoms with Crippen molar-refractivity contribution in [2.45, 2.75) is 20.8 Å². The maximum Gasteiger partial charge on any atom is 0.345 e. The van der Waals surface area contributed by atoms with Crippen LogP contribution in [0.15, 0.2) is 34.9 Å². The maximum atomic E-state index is 12.5. The van der Waals surface area contributed by atoms with Crippen molar-refractivity contribution in [1.29, 1.82) is 0 Å². The number of aryl methyl sites for hydroxylation is 2. The molecule has 0 atom stereocenters. The highest BCUT2D eigenvalue weighted by Gasteiger charge is 2.28. The van der Waals surface area contributed by atoms with Gasteiger partial charge in [-0.2, -0.15) is 0 Å². The van der Waals surface area contributed by atoms with E-state index < -0.39 is 11.9 Å². The molecule has 2 aromatic carbocycles. The number of amides is 1. The van der Waals surface area contributed by atoms with Gasteiger partial charge >= 0.3 is 5.97 Å². The summed E-state index contributed by atoms with van der Waals surface area (Å²) < 4.78 is 15.7. The molecular formula is C22H20Cl2N2O5. The average molecular weight is 463 g/mol. The van der Waals surface area contributed by atoms with E-state index in [0.29, 0.717) is 5.75 Å². The van der Waals surface area contributed by atoms with E-state index in [1.165, 1.54) is 7.11 Å². The van der Waals surface area contributed by atoms with E-state index in [1.54, 1.807) is 18.2 Å². The molecular weight excluding hydrogens is 443 g/mol. The topological polar surface area (TPSA) is 90.7 Å². The Kier molecular flexibility index (Phi) is 6.87. The highest BCUT2D eigenvalue weighted by molar-refractivity contribution is 6.39. The molecule has 0 saturated heterocycles. The van der Waals surface area contributed by atoms with E-state index in [1.807, 2.05) is 32.9 Å². The van der Waals surface area contributed by atoms with E-state index in [4.69, 9.17) is 37.2 Å². The van der Waals surface area contributed by atoms with Gasteiger partial charge in [-0.05, 0) is 55.7 Å². The van der Waals surface area contributed by atoms with Crippen LogP contribution in [-0.4, -0.2) is 30.7 Å². The van der Waals surface area contributed by atoms with E-state index >= 15 is 0 Å². The standard InChI is InChI=1S/C22H20Cl2N2O5/c1-11-8-12(2)13(3)16(9-11)30-10-17(27)25-21-19(22(28)29-4)20(26-31-21)18-14(23)6-5-7-15(18)24/h5-9H,10H2,1-4H3,(H,25,27). The fourth-order valence-electron chi connectivity index (χ4n) is 3.02. The van der Waals surface area contributed by atoms with Crippen LogP contribution in [0.5, 0.6) is 5.75 Å². The smallest absolute Gasteiger partial charge is 0.345 e. The van der Waals surface area contributed by atoms with Crippen LogP contribution in [0.3, 0.4) is 0 Å². The van der Waals surface area contributed by atoms with Crippen LogP contribution in [-0.2, 0) is 9.53 Å². The third-order valence-corrected chi connectivity index (χ3v) is 5.29. The first-order valence-electron chi connectivity index (χ1n) is 9.25. The van der Waals surface area contributed by atoms with Gasteiger partial charge in [-0.15, -0.1) is 0 Å². The SMILES string of the molecule is COC(=O)c1c(-c2c(Cl)cccc2Cl)noc1NC(=O)COc1cc(C)cc(C)c1C. The largest absolute Gasteiger partial charge is 0.483 e. The van der Waals surface area contributed by atoms with Crippen LogP contribution in [0, 0.1) is 20.8 Å². The van der Waals surface area contributed by atoms with Gasteiger partial charge in [-0.25, -0.2) is 4.79 Å². The van der Waals surface area contributed by atoms with Crippen molar-refractivity contribution in [3.63, 3.8) is 0 Å². The fraction of sp³-hybridized carbons (Fsp3) is 0.227. The predicted molar refractivity (Wildman–Crippen MR) is 118 cm³/mol. The first kappa shape index (κ1) is 22.7. The van der Waals surface area contributed by atoms with Gasteiger partial charge < -0.3 is 14.0 Å². The molecule has 3 aromatic rings. The normalized spacial score (nSPS) is 10.6. The molecule has 0 fully saturated rings. The predicted octanol–water partition coefficient (Wildman–Crippen LogP) is 5.38. The lowest BCUT2D eigenvalue weighted by atomic mass is 10.1. The van der Waals surface area contributed by atoms with Crippen molar-refractivity contribution in [3.05, 3.63) is 62.6 Å². The molecule has 162 valence electrons. The summed E-state index contributed by atoms with van der Waals surface area (Å²) in [6.07, 6.45) is 0. The van der Waals surface area contributed by atoms with Gasteiger partial charge in [0.15, 0.2) is 12.2 Å². The molecule has 0 aliphatic heterocycles. The minimum Gasteiger partial charge on any atom is -0.483 e. The Labute approximate surface area is 189 Å². The zero-order chi connectivity index (χ0) is 22.7. The summed E-state index contributed by atoms with van der Waals surface area (Å²) in [5.41, 5.74) is 3.25. The van der Waals surface area contributed by atoms with E-state index in [0.717, 1.165) is 16.7 Å². The van der Waals surface area contributed by atoms with Crippen molar-refractivity contribution in [3.8, 4) is 17.0 Å². The lowest BCUT2D eigenvalue weighted by Gasteiger charge is -2.12. The molecule has 1 heterocycles. The molecule has 0 saturated carbocycles. The van der Waals surface area contributed by atoms with Crippen molar-refractivity contribution in [2.75, 3.05) is 19.0 Å². The summed E-state index contributed by atoms with van der Waals surface area (Å²) in [7, 11) is 1.20. The third kappa shape index (κ3) is 4.84. The van der Waals surface area contributed by atoms with Crippen LogP contribution in [0.4, 0.5) is 5.88 Å². The molecule has 0 bridgehead atoms. The van der Waals surface area contributed by atoms with Crippen LogP contribution in [0.1, 0.15) is 27.0 Å². The van der Waals surface area contributed by atoms with Crippen molar-refractivity contribution in [2.24, 2.45) is 0 Å². The Bertz CT molecular complexity index is 1140. The first-order chi connectivity index (χ1) is 14.7. The van der Waals surface area contributed by atoms with Gasteiger partial charge in [0, 0.05) is 5.56 Å². The summed E-state index contributed by atoms with van der Waals surface area (Å²) in [6.45, 7) is 5.52. The molecule has 0 radical (unpaired) electrons. The second-order valence-electron chi connectivity index (χ2n) is 6.87. The number of esters is 1. The highest BCUT2D eigenvalue weighted by Crippen LogP contribution is 2.38. The quantitative estimate of drug-likeness (QED) is 0.494. The Morgan fingerprint density at radius 2 is 1.81 bits per heavy atom. The summed E-state index contributed by atoms with van der Waals surface area (Å²) in [4.78, 5) is 24.9. The van der Waals surface area contributed by atoms with E-state index in [2.05, 4.69) is 10.5 Å². The van der Waals surface area contributed by atoms with Crippen LogP contribution in [0.2, 0.25) is 10.0 Å². The number of nitrogens with zero attached hydrogens (tertiary/aromatic N) is 1. The van der Waals surface area contributed by atoms with Gasteiger partial charge in [0.25, 0.3) is 5.91 Å². The molecule has 0 aliphatic carbocycles. The molecule has 0 spiro atoms. The minimum atomic E-state index is -0.770. The lowest BCUT2D eigenvalue weighted by Crippen LogP contribution is -2.21. The molecule has 1 aromatic heterocycles. The molecule has 1 amide bonds. The zero-order valence-corrected chi connectivity index (χ0v) is 18.9. The fourth-order valence-corrected chi connectivity index (χ4v) is 3.59. The second-order valence-corrected chi connectivity index (χ2v) is 7.68. The van der Waals surface area contributed by atoms with Gasteiger partial charge in [0.1, 0.15) is 11.4 Å². The highest BCUT2D eigenvalue weighted by atomic mass is 35.5. The minimum absolute atomic E-state index is 0.0591. The summed E-state index contributed by atoms with van der Waals surface area (Å²) in [6, 6.07) is 8.72. The Morgan fingerprint density at radius 3 is 2.45 bits per heavy atom. The molecule has 0 aliphatic rings. The summed E-state index contributed by atoms with van der Waals surface area (Å²) >= 11 is 12.5. The van der Waals surface area contributed by atoms with Crippen LogP contribution >= 0.6 is 23.2 Å². The number of carbonyl (C=O) groups excluding carboxylic acids is 2. The van der Waals surface area contributed by atoms with Gasteiger partial charge in [-0.3, -0.25) is 10.1 Å². The van der Waals surface area contributed by atoms with E-state index in [9.17, 15) is 9.59 Å². The number of rotatable bonds is 6. The van der Waals surface area contributed by atoms with Crippen molar-refractivity contribution >= 4 is 41.0 Å². The monoisotopic (exact) mass is 462 g/mol. The van der Waals surface area contributed by atoms with Crippen LogP contribution in [0.25, 0.3) is 11.3 Å². The molecule has 0 unspecified atom stereocenters. The number of aromatic nitrogens is 1. The maximum absolute atomic E-state index is 12.5. The number of anilines is 1. The Morgan fingerprint density at radius 1 is 1.13 bits per heavy atom. The molecule has 1 N–H and O–H groups in total. The first-order valence-corrected chi connectivity index (χ1v) is 10.0. The number of halogens is 2. The number of carbonyl (C=O) groups is 2. The number of nitrogens with one attached hydrogen (secondary N) is 1. The molecule has 31 heavy (non-hydrogen) atoms.